The van der Waals surface area contributed by atoms with Gasteiger partial charge in [0.2, 0.25) is 5.95 Å². The van der Waals surface area contributed by atoms with Crippen LogP contribution < -0.4 is 5.32 Å². The van der Waals surface area contributed by atoms with Crippen LogP contribution in [0.2, 0.25) is 0 Å². The van der Waals surface area contributed by atoms with E-state index >= 15 is 0 Å². The molecule has 0 bridgehead atoms. The fourth-order valence-corrected chi connectivity index (χ4v) is 2.28. The van der Waals surface area contributed by atoms with Gasteiger partial charge in [-0.15, -0.1) is 0 Å². The highest BCUT2D eigenvalue weighted by atomic mass is 15.1. The number of para-hydroxylation sites is 1. The van der Waals surface area contributed by atoms with Crippen molar-refractivity contribution in [3.8, 4) is 0 Å². The Balaban J connectivity index is 1.72. The number of fused-ring (bicyclic) bond motifs is 1. The van der Waals surface area contributed by atoms with Crippen LogP contribution in [0.5, 0.6) is 0 Å². The fourth-order valence-electron chi connectivity index (χ4n) is 2.28. The summed E-state index contributed by atoms with van der Waals surface area (Å²) in [5.41, 5.74) is 2.28. The fraction of sp³-hybridized carbons (Fsp3) is 0.176. The number of nitrogens with zero attached hydrogens (tertiary/aromatic N) is 2. The smallest absolute Gasteiger partial charge is 0.223 e. The minimum absolute atomic E-state index is 0.290. The molecule has 0 aliphatic carbocycles. The lowest BCUT2D eigenvalue weighted by Gasteiger charge is -2.14. The lowest BCUT2D eigenvalue weighted by molar-refractivity contribution is 0.778. The van der Waals surface area contributed by atoms with E-state index in [9.17, 15) is 0 Å². The zero-order valence-corrected chi connectivity index (χ0v) is 11.5. The van der Waals surface area contributed by atoms with Crippen LogP contribution in [0.1, 0.15) is 12.5 Å². The minimum atomic E-state index is 0.290. The second-order valence-corrected chi connectivity index (χ2v) is 4.99. The van der Waals surface area contributed by atoms with E-state index in [2.05, 4.69) is 46.5 Å². The molecule has 0 aliphatic rings. The summed E-state index contributed by atoms with van der Waals surface area (Å²) in [4.78, 5) is 8.90. The molecule has 0 saturated heterocycles. The molecule has 1 heterocycles. The van der Waals surface area contributed by atoms with Crippen LogP contribution in [0.15, 0.2) is 60.8 Å². The second-order valence-electron chi connectivity index (χ2n) is 4.99. The van der Waals surface area contributed by atoms with E-state index in [4.69, 9.17) is 0 Å². The van der Waals surface area contributed by atoms with Gasteiger partial charge in [0, 0.05) is 17.6 Å². The van der Waals surface area contributed by atoms with Gasteiger partial charge >= 0.3 is 0 Å². The maximum absolute atomic E-state index is 4.53. The number of anilines is 1. The molecule has 0 fully saturated rings. The van der Waals surface area contributed by atoms with E-state index in [1.165, 1.54) is 5.56 Å². The first-order chi connectivity index (χ1) is 9.81. The monoisotopic (exact) mass is 263 g/mol. The molecular formula is C17H17N3. The van der Waals surface area contributed by atoms with Gasteiger partial charge in [-0.05, 0) is 25.0 Å². The summed E-state index contributed by atoms with van der Waals surface area (Å²) in [6.45, 7) is 2.14. The lowest BCUT2D eigenvalue weighted by Crippen LogP contribution is -2.19. The molecule has 0 aliphatic heterocycles. The van der Waals surface area contributed by atoms with Crippen LogP contribution in [0.3, 0.4) is 0 Å². The van der Waals surface area contributed by atoms with Crippen LogP contribution in [0.4, 0.5) is 5.95 Å². The van der Waals surface area contributed by atoms with Gasteiger partial charge in [-0.2, -0.15) is 0 Å². The Kier molecular flexibility index (Phi) is 3.59. The molecule has 2 aromatic carbocycles. The van der Waals surface area contributed by atoms with Gasteiger partial charge < -0.3 is 5.32 Å². The Bertz CT molecular complexity index is 695. The molecule has 1 N–H and O–H groups in total. The van der Waals surface area contributed by atoms with Gasteiger partial charge in [0.15, 0.2) is 0 Å². The molecule has 0 spiro atoms. The van der Waals surface area contributed by atoms with Crippen LogP contribution in [0.25, 0.3) is 10.9 Å². The Morgan fingerprint density at radius 3 is 2.60 bits per heavy atom. The van der Waals surface area contributed by atoms with Crippen molar-refractivity contribution in [3.05, 3.63) is 66.4 Å². The lowest BCUT2D eigenvalue weighted by atomic mass is 10.1. The highest BCUT2D eigenvalue weighted by Crippen LogP contribution is 2.13. The predicted molar refractivity (Wildman–Crippen MR) is 82.8 cm³/mol. The molecule has 0 saturated carbocycles. The summed E-state index contributed by atoms with van der Waals surface area (Å²) in [6, 6.07) is 18.7. The maximum atomic E-state index is 4.53. The van der Waals surface area contributed by atoms with Crippen LogP contribution in [0, 0.1) is 0 Å². The summed E-state index contributed by atoms with van der Waals surface area (Å²) >= 11 is 0. The third-order valence-corrected chi connectivity index (χ3v) is 3.25. The molecule has 0 radical (unpaired) electrons. The van der Waals surface area contributed by atoms with Crippen molar-refractivity contribution in [2.24, 2.45) is 0 Å². The first kappa shape index (κ1) is 12.6. The first-order valence-corrected chi connectivity index (χ1v) is 6.83. The van der Waals surface area contributed by atoms with Gasteiger partial charge in [0.05, 0.1) is 5.52 Å². The van der Waals surface area contributed by atoms with Crippen molar-refractivity contribution >= 4 is 16.9 Å². The Hall–Kier alpha value is -2.42. The van der Waals surface area contributed by atoms with Crippen LogP contribution in [-0.4, -0.2) is 16.0 Å². The molecule has 0 amide bonds. The quantitative estimate of drug-likeness (QED) is 0.780. The number of rotatable bonds is 4. The van der Waals surface area contributed by atoms with E-state index in [0.29, 0.717) is 12.0 Å². The van der Waals surface area contributed by atoms with Crippen molar-refractivity contribution in [2.75, 3.05) is 5.32 Å². The molecule has 1 atom stereocenters. The summed E-state index contributed by atoms with van der Waals surface area (Å²) in [6.07, 6.45) is 2.82. The standard InChI is InChI=1S/C17H17N3/c1-13(11-14-7-3-2-4-8-14)19-17-18-12-15-9-5-6-10-16(15)20-17/h2-10,12-13H,11H2,1H3,(H,18,19,20). The zero-order valence-electron chi connectivity index (χ0n) is 11.5. The van der Waals surface area contributed by atoms with Gasteiger partial charge in [-0.1, -0.05) is 48.5 Å². The first-order valence-electron chi connectivity index (χ1n) is 6.83. The highest BCUT2D eigenvalue weighted by molar-refractivity contribution is 5.78. The Morgan fingerprint density at radius 2 is 1.75 bits per heavy atom. The minimum Gasteiger partial charge on any atom is -0.351 e. The van der Waals surface area contributed by atoms with E-state index in [1.807, 2.05) is 36.5 Å². The van der Waals surface area contributed by atoms with Crippen molar-refractivity contribution in [1.82, 2.24) is 9.97 Å². The van der Waals surface area contributed by atoms with E-state index in [0.717, 1.165) is 17.3 Å². The summed E-state index contributed by atoms with van der Waals surface area (Å²) in [5.74, 6) is 0.687. The maximum Gasteiger partial charge on any atom is 0.223 e. The van der Waals surface area contributed by atoms with Crippen molar-refractivity contribution < 1.29 is 0 Å². The van der Waals surface area contributed by atoms with E-state index < -0.39 is 0 Å². The zero-order chi connectivity index (χ0) is 13.8. The van der Waals surface area contributed by atoms with Gasteiger partial charge in [0.25, 0.3) is 0 Å². The number of benzene rings is 2. The highest BCUT2D eigenvalue weighted by Gasteiger charge is 2.06. The molecule has 1 aromatic heterocycles. The number of hydrogen-bond acceptors (Lipinski definition) is 3. The van der Waals surface area contributed by atoms with Crippen molar-refractivity contribution in [2.45, 2.75) is 19.4 Å². The van der Waals surface area contributed by atoms with Crippen LogP contribution in [-0.2, 0) is 6.42 Å². The normalized spacial score (nSPS) is 12.2. The predicted octanol–water partition coefficient (Wildman–Crippen LogP) is 3.67. The number of hydrogen-bond donors (Lipinski definition) is 1. The van der Waals surface area contributed by atoms with E-state index in [1.54, 1.807) is 0 Å². The largest absolute Gasteiger partial charge is 0.351 e. The topological polar surface area (TPSA) is 37.8 Å². The molecule has 20 heavy (non-hydrogen) atoms. The summed E-state index contributed by atoms with van der Waals surface area (Å²) in [7, 11) is 0. The van der Waals surface area contributed by atoms with Crippen LogP contribution >= 0.6 is 0 Å². The average Bonchev–Trinajstić information content (AvgIpc) is 2.48. The van der Waals surface area contributed by atoms with Gasteiger partial charge in [-0.3, -0.25) is 0 Å². The molecule has 3 heteroatoms. The average molecular weight is 263 g/mol. The third-order valence-electron chi connectivity index (χ3n) is 3.25. The molecule has 1 unspecified atom stereocenters. The molecule has 3 nitrogen and oxygen atoms in total. The number of nitrogens with one attached hydrogen (secondary N) is 1. The molecule has 3 aromatic rings. The second kappa shape index (κ2) is 5.70. The Morgan fingerprint density at radius 1 is 1.00 bits per heavy atom. The van der Waals surface area contributed by atoms with Crippen molar-refractivity contribution in [3.63, 3.8) is 0 Å². The Labute approximate surface area is 118 Å². The van der Waals surface area contributed by atoms with Gasteiger partial charge in [-0.25, -0.2) is 9.97 Å². The summed E-state index contributed by atoms with van der Waals surface area (Å²) < 4.78 is 0. The molecular weight excluding hydrogens is 246 g/mol. The molecule has 100 valence electrons. The van der Waals surface area contributed by atoms with E-state index in [-0.39, 0.29) is 0 Å². The summed E-state index contributed by atoms with van der Waals surface area (Å²) in [5, 5.41) is 4.42. The number of aromatic nitrogens is 2. The van der Waals surface area contributed by atoms with Crippen molar-refractivity contribution in [1.29, 1.82) is 0 Å². The molecule has 3 rings (SSSR count). The van der Waals surface area contributed by atoms with Gasteiger partial charge in [0.1, 0.15) is 0 Å². The SMILES string of the molecule is CC(Cc1ccccc1)Nc1ncc2ccccc2n1. The third kappa shape index (κ3) is 2.94.